The number of carbonyl (C=O) groups is 1. The van der Waals surface area contributed by atoms with Gasteiger partial charge in [-0.05, 0) is 37.0 Å². The van der Waals surface area contributed by atoms with Gasteiger partial charge in [0.1, 0.15) is 0 Å². The number of amides is 1. The molecule has 1 saturated carbocycles. The average Bonchev–Trinajstić information content (AvgIpc) is 2.46. The van der Waals surface area contributed by atoms with Gasteiger partial charge in [0.25, 0.3) is 0 Å². The van der Waals surface area contributed by atoms with Crippen molar-refractivity contribution in [3.8, 4) is 0 Å². The number of halogens is 1. The molecule has 1 fully saturated rings. The lowest BCUT2D eigenvalue weighted by Gasteiger charge is -2.31. The third-order valence-corrected chi connectivity index (χ3v) is 4.38. The van der Waals surface area contributed by atoms with Gasteiger partial charge in [-0.15, -0.1) is 0 Å². The van der Waals surface area contributed by atoms with Gasteiger partial charge in [0.15, 0.2) is 0 Å². The maximum Gasteiger partial charge on any atom is 0.248 e. The van der Waals surface area contributed by atoms with Crippen molar-refractivity contribution >= 4 is 23.2 Å². The van der Waals surface area contributed by atoms with Gasteiger partial charge >= 0.3 is 0 Å². The van der Waals surface area contributed by atoms with Gasteiger partial charge in [-0.25, -0.2) is 0 Å². The molecule has 1 aliphatic rings. The molecule has 0 radical (unpaired) electrons. The Labute approximate surface area is 124 Å². The van der Waals surface area contributed by atoms with Crippen LogP contribution in [0, 0.1) is 5.92 Å². The second kappa shape index (κ2) is 6.95. The van der Waals surface area contributed by atoms with E-state index in [2.05, 4.69) is 5.32 Å². The molecular weight excluding hydrogens is 274 g/mol. The number of hydrogen-bond acceptors (Lipinski definition) is 3. The number of nitrogens with two attached hydrogens (primary N) is 2. The number of carbonyl (C=O) groups excluding carboxylic acids is 1. The highest BCUT2D eigenvalue weighted by Gasteiger charge is 2.23. The van der Waals surface area contributed by atoms with Gasteiger partial charge in [-0.3, -0.25) is 4.79 Å². The normalized spacial score (nSPS) is 17.7. The smallest absolute Gasteiger partial charge is 0.248 e. The second-order valence-electron chi connectivity index (χ2n) is 5.44. The number of anilines is 1. The molecule has 0 aromatic heterocycles. The number of hydrogen-bond donors (Lipinski definition) is 3. The first-order valence-electron chi connectivity index (χ1n) is 7.17. The first kappa shape index (κ1) is 15.1. The molecule has 1 atom stereocenters. The summed E-state index contributed by atoms with van der Waals surface area (Å²) in [6.07, 6.45) is 6.30. The summed E-state index contributed by atoms with van der Waals surface area (Å²) in [6, 6.07) is 5.31. The van der Waals surface area contributed by atoms with Crippen molar-refractivity contribution in [1.29, 1.82) is 0 Å². The first-order valence-corrected chi connectivity index (χ1v) is 7.55. The number of benzene rings is 1. The van der Waals surface area contributed by atoms with E-state index in [-0.39, 0.29) is 6.04 Å². The minimum absolute atomic E-state index is 0.229. The third kappa shape index (κ3) is 3.64. The Bertz CT molecular complexity index is 472. The number of rotatable bonds is 5. The van der Waals surface area contributed by atoms with Crippen molar-refractivity contribution in [2.75, 3.05) is 11.9 Å². The first-order chi connectivity index (χ1) is 9.61. The Balaban J connectivity index is 2.08. The van der Waals surface area contributed by atoms with Crippen LogP contribution in [0.4, 0.5) is 5.69 Å². The Kier molecular flexibility index (Phi) is 5.26. The van der Waals surface area contributed by atoms with E-state index in [0.29, 0.717) is 23.0 Å². The van der Waals surface area contributed by atoms with E-state index >= 15 is 0 Å². The van der Waals surface area contributed by atoms with Crippen LogP contribution >= 0.6 is 11.6 Å². The highest BCUT2D eigenvalue weighted by atomic mass is 35.5. The van der Waals surface area contributed by atoms with Crippen LogP contribution in [-0.2, 0) is 0 Å². The van der Waals surface area contributed by atoms with Crippen LogP contribution in [0.1, 0.15) is 42.5 Å². The fraction of sp³-hybridized carbons (Fsp3) is 0.533. The summed E-state index contributed by atoms with van der Waals surface area (Å²) in [6.45, 7) is 0.582. The highest BCUT2D eigenvalue weighted by Crippen LogP contribution is 2.30. The van der Waals surface area contributed by atoms with Crippen LogP contribution in [0.2, 0.25) is 5.02 Å². The lowest BCUT2D eigenvalue weighted by Crippen LogP contribution is -2.37. The van der Waals surface area contributed by atoms with Gasteiger partial charge in [-0.1, -0.05) is 30.9 Å². The quantitative estimate of drug-likeness (QED) is 0.781. The van der Waals surface area contributed by atoms with E-state index in [1.807, 2.05) is 0 Å². The molecule has 1 amide bonds. The van der Waals surface area contributed by atoms with Crippen molar-refractivity contribution in [2.24, 2.45) is 17.4 Å². The van der Waals surface area contributed by atoms with E-state index in [4.69, 9.17) is 23.1 Å². The highest BCUT2D eigenvalue weighted by molar-refractivity contribution is 6.33. The largest absolute Gasteiger partial charge is 0.380 e. The Morgan fingerprint density at radius 2 is 2.05 bits per heavy atom. The summed E-state index contributed by atoms with van der Waals surface area (Å²) in [7, 11) is 0. The molecule has 1 unspecified atom stereocenters. The van der Waals surface area contributed by atoms with Crippen LogP contribution in [0.3, 0.4) is 0 Å². The minimum Gasteiger partial charge on any atom is -0.380 e. The van der Waals surface area contributed by atoms with Crippen molar-refractivity contribution in [2.45, 2.75) is 38.1 Å². The van der Waals surface area contributed by atoms with Gasteiger partial charge in [0, 0.05) is 18.2 Å². The zero-order chi connectivity index (χ0) is 14.5. The molecule has 4 nitrogen and oxygen atoms in total. The summed E-state index contributed by atoms with van der Waals surface area (Å²) in [5.41, 5.74) is 12.4. The van der Waals surface area contributed by atoms with Crippen molar-refractivity contribution < 1.29 is 4.79 Å². The summed E-state index contributed by atoms with van der Waals surface area (Å²) in [5.74, 6) is 0.127. The van der Waals surface area contributed by atoms with E-state index in [9.17, 15) is 4.79 Å². The summed E-state index contributed by atoms with van der Waals surface area (Å²) < 4.78 is 0. The monoisotopic (exact) mass is 295 g/mol. The van der Waals surface area contributed by atoms with Gasteiger partial charge in [0.2, 0.25) is 5.91 Å². The van der Waals surface area contributed by atoms with E-state index in [1.54, 1.807) is 18.2 Å². The lowest BCUT2D eigenvalue weighted by atomic mass is 9.84. The van der Waals surface area contributed by atoms with Gasteiger partial charge in [0.05, 0.1) is 10.7 Å². The van der Waals surface area contributed by atoms with Crippen LogP contribution in [0.25, 0.3) is 0 Å². The average molecular weight is 296 g/mol. The summed E-state index contributed by atoms with van der Waals surface area (Å²) >= 11 is 6.20. The Morgan fingerprint density at radius 3 is 2.60 bits per heavy atom. The molecule has 2 rings (SSSR count). The van der Waals surface area contributed by atoms with E-state index in [1.165, 1.54) is 32.1 Å². The molecule has 0 heterocycles. The standard InChI is InChI=1S/C15H22ClN3O/c16-12-8-11(15(18)20)6-7-13(12)19-14(9-17)10-4-2-1-3-5-10/h6-8,10,14,19H,1-5,9,17H2,(H2,18,20). The van der Waals surface area contributed by atoms with Crippen LogP contribution in [-0.4, -0.2) is 18.5 Å². The molecular formula is C15H22ClN3O. The lowest BCUT2D eigenvalue weighted by molar-refractivity contribution is 0.100. The van der Waals surface area contributed by atoms with Gasteiger partial charge in [-0.2, -0.15) is 0 Å². The zero-order valence-corrected chi connectivity index (χ0v) is 12.3. The predicted octanol–water partition coefficient (Wildman–Crippen LogP) is 2.76. The fourth-order valence-electron chi connectivity index (χ4n) is 2.89. The van der Waals surface area contributed by atoms with Crippen LogP contribution < -0.4 is 16.8 Å². The molecule has 1 aromatic carbocycles. The number of primary amides is 1. The maximum absolute atomic E-state index is 11.1. The Hall–Kier alpha value is -1.26. The zero-order valence-electron chi connectivity index (χ0n) is 11.6. The molecule has 1 aromatic rings. The molecule has 5 heteroatoms. The third-order valence-electron chi connectivity index (χ3n) is 4.07. The maximum atomic E-state index is 11.1. The molecule has 0 saturated heterocycles. The topological polar surface area (TPSA) is 81.1 Å². The minimum atomic E-state index is -0.471. The SMILES string of the molecule is NCC(Nc1ccc(C(N)=O)cc1Cl)C1CCCCC1. The van der Waals surface area contributed by atoms with Crippen molar-refractivity contribution in [3.05, 3.63) is 28.8 Å². The summed E-state index contributed by atoms with van der Waals surface area (Å²) in [5, 5.41) is 3.93. The van der Waals surface area contributed by atoms with Crippen molar-refractivity contribution in [3.63, 3.8) is 0 Å². The molecule has 110 valence electrons. The molecule has 0 aliphatic heterocycles. The van der Waals surface area contributed by atoms with Crippen molar-refractivity contribution in [1.82, 2.24) is 0 Å². The molecule has 20 heavy (non-hydrogen) atoms. The fourth-order valence-corrected chi connectivity index (χ4v) is 3.13. The molecule has 1 aliphatic carbocycles. The molecule has 0 bridgehead atoms. The van der Waals surface area contributed by atoms with Crippen LogP contribution in [0.5, 0.6) is 0 Å². The molecule has 5 N–H and O–H groups in total. The summed E-state index contributed by atoms with van der Waals surface area (Å²) in [4.78, 5) is 11.1. The van der Waals surface area contributed by atoms with E-state index in [0.717, 1.165) is 5.69 Å². The van der Waals surface area contributed by atoms with E-state index < -0.39 is 5.91 Å². The Morgan fingerprint density at radius 1 is 1.35 bits per heavy atom. The predicted molar refractivity (Wildman–Crippen MR) is 83.0 cm³/mol. The van der Waals surface area contributed by atoms with Gasteiger partial charge < -0.3 is 16.8 Å². The second-order valence-corrected chi connectivity index (χ2v) is 5.85. The molecule has 0 spiro atoms. The number of nitrogens with one attached hydrogen (secondary N) is 1. The van der Waals surface area contributed by atoms with Crippen LogP contribution in [0.15, 0.2) is 18.2 Å².